The van der Waals surface area contributed by atoms with E-state index in [0.29, 0.717) is 5.92 Å². The van der Waals surface area contributed by atoms with Gasteiger partial charge in [0.15, 0.2) is 0 Å². The molecule has 0 amide bonds. The van der Waals surface area contributed by atoms with E-state index in [4.69, 9.17) is 0 Å². The van der Waals surface area contributed by atoms with Crippen molar-refractivity contribution in [2.75, 3.05) is 0 Å². The Hall–Kier alpha value is -0.780. The molecule has 0 saturated heterocycles. The van der Waals surface area contributed by atoms with Gasteiger partial charge >= 0.3 is 0 Å². The van der Waals surface area contributed by atoms with Crippen molar-refractivity contribution >= 4 is 0 Å². The number of hydrogen-bond donors (Lipinski definition) is 0. The minimum absolute atomic E-state index is 0.399. The molecule has 71 valence electrons. The predicted octanol–water partition coefficient (Wildman–Crippen LogP) is 3.75. The first kappa shape index (κ1) is 10.3. The summed E-state index contributed by atoms with van der Waals surface area (Å²) in [6, 6.07) is 6.75. The molecule has 0 aliphatic carbocycles. The van der Waals surface area contributed by atoms with Crippen molar-refractivity contribution in [1.82, 2.24) is 0 Å². The third-order valence-corrected chi connectivity index (χ3v) is 2.56. The molecule has 0 heteroatoms. The summed E-state index contributed by atoms with van der Waals surface area (Å²) in [6.45, 7) is 10.6. The number of aryl methyl sites for hydroxylation is 2. The largest absolute Gasteiger partial charge is 0.0613 e. The van der Waals surface area contributed by atoms with Gasteiger partial charge in [0, 0.05) is 0 Å². The first-order valence-corrected chi connectivity index (χ1v) is 5.13. The van der Waals surface area contributed by atoms with Gasteiger partial charge in [-0.05, 0) is 42.4 Å². The Morgan fingerprint density at radius 3 is 2.23 bits per heavy atom. The van der Waals surface area contributed by atoms with Crippen LogP contribution in [-0.4, -0.2) is 0 Å². The fraction of sp³-hybridized carbons (Fsp3) is 0.462. The van der Waals surface area contributed by atoms with Gasteiger partial charge in [0.05, 0.1) is 0 Å². The molecular formula is C13H19. The van der Waals surface area contributed by atoms with Gasteiger partial charge in [0.25, 0.3) is 0 Å². The average molecular weight is 175 g/mol. The predicted molar refractivity (Wildman–Crippen MR) is 59.0 cm³/mol. The molecule has 1 radical (unpaired) electrons. The quantitative estimate of drug-likeness (QED) is 0.656. The van der Waals surface area contributed by atoms with Gasteiger partial charge in [-0.3, -0.25) is 0 Å². The molecule has 1 rings (SSSR count). The van der Waals surface area contributed by atoms with E-state index in [1.54, 1.807) is 0 Å². The average Bonchev–Trinajstić information content (AvgIpc) is 2.16. The Balaban J connectivity index is 3.05. The number of hydrogen-bond acceptors (Lipinski definition) is 0. The van der Waals surface area contributed by atoms with E-state index >= 15 is 0 Å². The summed E-state index contributed by atoms with van der Waals surface area (Å²) in [6.07, 6.45) is 2.26. The molecule has 1 aromatic carbocycles. The van der Waals surface area contributed by atoms with E-state index in [1.165, 1.54) is 16.7 Å². The Morgan fingerprint density at radius 1 is 1.15 bits per heavy atom. The van der Waals surface area contributed by atoms with E-state index < -0.39 is 0 Å². The Kier molecular flexibility index (Phi) is 3.53. The molecule has 0 bridgehead atoms. The molecule has 0 aliphatic heterocycles. The molecule has 1 unspecified atom stereocenters. The zero-order valence-corrected chi connectivity index (χ0v) is 8.93. The topological polar surface area (TPSA) is 0 Å². The van der Waals surface area contributed by atoms with Gasteiger partial charge in [0.1, 0.15) is 0 Å². The second-order valence-corrected chi connectivity index (χ2v) is 3.64. The fourth-order valence-corrected chi connectivity index (χ4v) is 1.63. The van der Waals surface area contributed by atoms with Crippen LogP contribution in [0, 0.1) is 6.92 Å². The molecule has 1 atom stereocenters. The van der Waals surface area contributed by atoms with Crippen LogP contribution in [0.25, 0.3) is 0 Å². The summed E-state index contributed by atoms with van der Waals surface area (Å²) in [5.74, 6) is 0.399. The lowest BCUT2D eigenvalue weighted by atomic mass is 9.95. The van der Waals surface area contributed by atoms with Gasteiger partial charge in [-0.2, -0.15) is 0 Å². The van der Waals surface area contributed by atoms with Gasteiger partial charge in [0.2, 0.25) is 0 Å². The van der Waals surface area contributed by atoms with Gasteiger partial charge in [-0.1, -0.05) is 39.0 Å². The van der Waals surface area contributed by atoms with Crippen LogP contribution in [-0.2, 0) is 12.8 Å². The molecule has 0 N–H and O–H groups in total. The van der Waals surface area contributed by atoms with Crippen LogP contribution in [0.15, 0.2) is 18.2 Å². The van der Waals surface area contributed by atoms with Crippen LogP contribution >= 0.6 is 0 Å². The number of rotatable bonds is 3. The third-order valence-electron chi connectivity index (χ3n) is 2.56. The van der Waals surface area contributed by atoms with Crippen LogP contribution in [0.3, 0.4) is 0 Å². The van der Waals surface area contributed by atoms with Gasteiger partial charge in [-0.15, -0.1) is 0 Å². The van der Waals surface area contributed by atoms with Crippen LogP contribution < -0.4 is 0 Å². The molecule has 0 nitrogen and oxygen atoms in total. The zero-order chi connectivity index (χ0) is 9.84. The van der Waals surface area contributed by atoms with Gasteiger partial charge < -0.3 is 0 Å². The maximum absolute atomic E-state index is 4.04. The van der Waals surface area contributed by atoms with E-state index in [1.807, 2.05) is 0 Å². The van der Waals surface area contributed by atoms with E-state index in [2.05, 4.69) is 45.9 Å². The third kappa shape index (κ3) is 2.33. The highest BCUT2D eigenvalue weighted by Crippen LogP contribution is 2.19. The molecule has 0 heterocycles. The van der Waals surface area contributed by atoms with Crippen molar-refractivity contribution < 1.29 is 0 Å². The van der Waals surface area contributed by atoms with E-state index in [0.717, 1.165) is 12.8 Å². The Labute approximate surface area is 82.0 Å². The van der Waals surface area contributed by atoms with Crippen LogP contribution in [0.1, 0.15) is 43.4 Å². The van der Waals surface area contributed by atoms with Crippen LogP contribution in [0.4, 0.5) is 0 Å². The summed E-state index contributed by atoms with van der Waals surface area (Å²) >= 11 is 0. The minimum Gasteiger partial charge on any atom is -0.0613 e. The van der Waals surface area contributed by atoms with Crippen LogP contribution in [0.5, 0.6) is 0 Å². The lowest BCUT2D eigenvalue weighted by Crippen LogP contribution is -1.95. The monoisotopic (exact) mass is 175 g/mol. The van der Waals surface area contributed by atoms with E-state index in [9.17, 15) is 0 Å². The maximum atomic E-state index is 4.04. The zero-order valence-electron chi connectivity index (χ0n) is 8.93. The summed E-state index contributed by atoms with van der Waals surface area (Å²) < 4.78 is 0. The first-order chi connectivity index (χ1) is 6.19. The second kappa shape index (κ2) is 4.45. The van der Waals surface area contributed by atoms with Crippen LogP contribution in [0.2, 0.25) is 0 Å². The smallest absolute Gasteiger partial charge is 0.0190 e. The lowest BCUT2D eigenvalue weighted by molar-refractivity contribution is 0.942. The summed E-state index contributed by atoms with van der Waals surface area (Å²) in [4.78, 5) is 0. The summed E-state index contributed by atoms with van der Waals surface area (Å²) in [7, 11) is 0. The summed E-state index contributed by atoms with van der Waals surface area (Å²) in [5.41, 5.74) is 4.32. The van der Waals surface area contributed by atoms with Crippen molar-refractivity contribution in [2.45, 2.75) is 39.5 Å². The highest BCUT2D eigenvalue weighted by atomic mass is 14.1. The SMILES string of the molecule is [CH2]C(C)c1ccc(CC)c(CC)c1. The molecule has 0 fully saturated rings. The van der Waals surface area contributed by atoms with Crippen molar-refractivity contribution in [2.24, 2.45) is 0 Å². The Morgan fingerprint density at radius 2 is 1.77 bits per heavy atom. The molecule has 13 heavy (non-hydrogen) atoms. The molecule has 1 aromatic rings. The van der Waals surface area contributed by atoms with Crippen molar-refractivity contribution in [3.8, 4) is 0 Å². The maximum Gasteiger partial charge on any atom is -0.0190 e. The van der Waals surface area contributed by atoms with Gasteiger partial charge in [-0.25, -0.2) is 0 Å². The number of benzene rings is 1. The highest BCUT2D eigenvalue weighted by Gasteiger charge is 2.03. The summed E-state index contributed by atoms with van der Waals surface area (Å²) in [5, 5.41) is 0. The molecule has 0 saturated carbocycles. The Bertz CT molecular complexity index is 271. The van der Waals surface area contributed by atoms with Crippen molar-refractivity contribution in [3.63, 3.8) is 0 Å². The molecule has 0 aromatic heterocycles. The van der Waals surface area contributed by atoms with Crippen molar-refractivity contribution in [1.29, 1.82) is 0 Å². The second-order valence-electron chi connectivity index (χ2n) is 3.64. The normalized spacial score (nSPS) is 10.8. The first-order valence-electron chi connectivity index (χ1n) is 5.13. The standard InChI is InChI=1S/C13H19/c1-5-11-7-8-13(10(3)4)9-12(11)6-2/h7-10H,3,5-6H2,1-2,4H3. The molecular weight excluding hydrogens is 156 g/mol. The highest BCUT2D eigenvalue weighted by molar-refractivity contribution is 5.34. The fourth-order valence-electron chi connectivity index (χ4n) is 1.63. The van der Waals surface area contributed by atoms with Crippen molar-refractivity contribution in [3.05, 3.63) is 41.8 Å². The molecule has 0 spiro atoms. The minimum atomic E-state index is 0.399. The lowest BCUT2D eigenvalue weighted by Gasteiger charge is -2.10. The molecule has 0 aliphatic rings. The van der Waals surface area contributed by atoms with E-state index in [-0.39, 0.29) is 0 Å².